The van der Waals surface area contributed by atoms with Gasteiger partial charge in [0.1, 0.15) is 0 Å². The number of alkyl halides is 1. The van der Waals surface area contributed by atoms with Gasteiger partial charge in [0.25, 0.3) is 5.91 Å². The third-order valence-electron chi connectivity index (χ3n) is 3.69. The van der Waals surface area contributed by atoms with Crippen molar-refractivity contribution in [3.63, 3.8) is 0 Å². The molecule has 1 saturated carbocycles. The summed E-state index contributed by atoms with van der Waals surface area (Å²) in [6.45, 7) is 2.22. The van der Waals surface area contributed by atoms with E-state index in [1.165, 1.54) is 6.42 Å². The molecule has 1 aromatic heterocycles. The Morgan fingerprint density at radius 3 is 3.05 bits per heavy atom. The number of carbonyl (C=O) groups excluding carboxylic acids is 1. The lowest BCUT2D eigenvalue weighted by Crippen LogP contribution is -2.52. The van der Waals surface area contributed by atoms with Gasteiger partial charge in [0, 0.05) is 22.7 Å². The summed E-state index contributed by atoms with van der Waals surface area (Å²) in [5, 5.41) is 3.12. The zero-order valence-electron chi connectivity index (χ0n) is 11.0. The maximum atomic E-state index is 12.3. The zero-order valence-corrected chi connectivity index (χ0v) is 13.3. The summed E-state index contributed by atoms with van der Waals surface area (Å²) < 4.78 is 0.803. The van der Waals surface area contributed by atoms with Crippen LogP contribution in [-0.2, 0) is 0 Å². The number of rotatable bonds is 3. The number of carbonyl (C=O) groups is 1. The lowest BCUT2D eigenvalue weighted by molar-refractivity contribution is 0.0867. The monoisotopic (exact) mass is 344 g/mol. The van der Waals surface area contributed by atoms with Crippen LogP contribution >= 0.6 is 27.5 Å². The molecule has 1 aliphatic rings. The number of amides is 1. The van der Waals surface area contributed by atoms with Gasteiger partial charge in [0.2, 0.25) is 0 Å². The molecule has 1 amide bonds. The van der Waals surface area contributed by atoms with Crippen LogP contribution in [0.2, 0.25) is 0 Å². The Morgan fingerprint density at radius 1 is 1.63 bits per heavy atom. The first kappa shape index (κ1) is 14.8. The molecular weight excluding hydrogens is 328 g/mol. The van der Waals surface area contributed by atoms with Crippen molar-refractivity contribution in [2.24, 2.45) is 5.92 Å². The van der Waals surface area contributed by atoms with Crippen molar-refractivity contribution in [1.29, 1.82) is 0 Å². The Hall–Kier alpha value is -0.610. The van der Waals surface area contributed by atoms with Crippen molar-refractivity contribution in [2.45, 2.75) is 38.1 Å². The molecule has 0 spiro atoms. The van der Waals surface area contributed by atoms with E-state index in [1.54, 1.807) is 18.5 Å². The van der Waals surface area contributed by atoms with Crippen LogP contribution in [0.1, 0.15) is 43.0 Å². The van der Waals surface area contributed by atoms with Crippen molar-refractivity contribution in [1.82, 2.24) is 10.3 Å². The van der Waals surface area contributed by atoms with Crippen molar-refractivity contribution in [2.75, 3.05) is 5.88 Å². The molecule has 0 aromatic carbocycles. The van der Waals surface area contributed by atoms with E-state index in [-0.39, 0.29) is 11.4 Å². The van der Waals surface area contributed by atoms with Gasteiger partial charge in [-0.2, -0.15) is 0 Å². The molecule has 0 bridgehead atoms. The van der Waals surface area contributed by atoms with Crippen molar-refractivity contribution >= 4 is 33.4 Å². The molecule has 2 unspecified atom stereocenters. The highest BCUT2D eigenvalue weighted by Crippen LogP contribution is 2.33. The molecule has 1 aliphatic carbocycles. The molecule has 1 heterocycles. The third kappa shape index (κ3) is 3.69. The quantitative estimate of drug-likeness (QED) is 0.848. The smallest absolute Gasteiger partial charge is 0.253 e. The summed E-state index contributed by atoms with van der Waals surface area (Å²) in [5.41, 5.74) is 0.301. The van der Waals surface area contributed by atoms with Crippen LogP contribution in [0.5, 0.6) is 0 Å². The van der Waals surface area contributed by atoms with E-state index in [0.717, 1.165) is 23.7 Å². The van der Waals surface area contributed by atoms with Crippen LogP contribution in [0.25, 0.3) is 0 Å². The zero-order chi connectivity index (χ0) is 13.9. The average Bonchev–Trinajstić information content (AvgIpc) is 2.38. The minimum absolute atomic E-state index is 0.0939. The number of hydrogen-bond donors (Lipinski definition) is 1. The van der Waals surface area contributed by atoms with Gasteiger partial charge in [0.05, 0.1) is 11.1 Å². The number of halogens is 2. The lowest BCUT2D eigenvalue weighted by atomic mass is 9.77. The fraction of sp³-hybridized carbons (Fsp3) is 0.571. The average molecular weight is 346 g/mol. The van der Waals surface area contributed by atoms with Crippen LogP contribution < -0.4 is 5.32 Å². The van der Waals surface area contributed by atoms with Crippen LogP contribution in [0.3, 0.4) is 0 Å². The van der Waals surface area contributed by atoms with Gasteiger partial charge in [-0.3, -0.25) is 9.78 Å². The Labute approximate surface area is 127 Å². The third-order valence-corrected chi connectivity index (χ3v) is 4.64. The van der Waals surface area contributed by atoms with Crippen molar-refractivity contribution < 1.29 is 4.79 Å². The largest absolute Gasteiger partial charge is 0.345 e. The lowest BCUT2D eigenvalue weighted by Gasteiger charge is -2.39. The van der Waals surface area contributed by atoms with Crippen molar-refractivity contribution in [3.05, 3.63) is 28.5 Å². The Kier molecular flexibility index (Phi) is 4.85. The Bertz CT molecular complexity index is 469. The first-order valence-electron chi connectivity index (χ1n) is 6.54. The maximum absolute atomic E-state index is 12.3. The van der Waals surface area contributed by atoms with Gasteiger partial charge < -0.3 is 5.32 Å². The number of nitrogens with zero attached hydrogens (tertiary/aromatic N) is 1. The summed E-state index contributed by atoms with van der Waals surface area (Å²) in [7, 11) is 0. The predicted molar refractivity (Wildman–Crippen MR) is 80.5 cm³/mol. The van der Waals surface area contributed by atoms with E-state index in [1.807, 2.05) is 0 Å². The van der Waals surface area contributed by atoms with E-state index in [2.05, 4.69) is 33.2 Å². The number of nitrogens with one attached hydrogen (secondary N) is 1. The molecule has 2 rings (SSSR count). The molecule has 5 heteroatoms. The summed E-state index contributed by atoms with van der Waals surface area (Å²) in [6, 6.07) is 1.77. The van der Waals surface area contributed by atoms with Gasteiger partial charge in [0.15, 0.2) is 0 Å². The van der Waals surface area contributed by atoms with Gasteiger partial charge in [-0.15, -0.1) is 11.6 Å². The van der Waals surface area contributed by atoms with E-state index >= 15 is 0 Å². The molecule has 2 atom stereocenters. The van der Waals surface area contributed by atoms with E-state index in [9.17, 15) is 4.79 Å². The predicted octanol–water partition coefficient (Wildman–Crippen LogP) is 3.76. The second-order valence-electron chi connectivity index (χ2n) is 5.46. The molecular formula is C14H18BrClN2O. The Balaban J connectivity index is 2.12. The number of aromatic nitrogens is 1. The minimum Gasteiger partial charge on any atom is -0.345 e. The second kappa shape index (κ2) is 6.23. The minimum atomic E-state index is -0.265. The summed E-state index contributed by atoms with van der Waals surface area (Å²) >= 11 is 9.45. The van der Waals surface area contributed by atoms with Crippen molar-refractivity contribution in [3.8, 4) is 0 Å². The Morgan fingerprint density at radius 2 is 2.42 bits per heavy atom. The number of pyridine rings is 1. The molecule has 1 N–H and O–H groups in total. The van der Waals surface area contributed by atoms with Gasteiger partial charge in [-0.05, 0) is 40.8 Å². The molecule has 3 nitrogen and oxygen atoms in total. The highest BCUT2D eigenvalue weighted by Gasteiger charge is 2.35. The van der Waals surface area contributed by atoms with E-state index in [0.29, 0.717) is 17.4 Å². The SMILES string of the molecule is CC1CCCC(CCl)(NC(=O)c2cncc(Br)c2)C1. The fourth-order valence-electron chi connectivity index (χ4n) is 2.78. The van der Waals surface area contributed by atoms with Gasteiger partial charge in [-0.1, -0.05) is 19.8 Å². The first-order chi connectivity index (χ1) is 9.04. The van der Waals surface area contributed by atoms with Gasteiger partial charge >= 0.3 is 0 Å². The van der Waals surface area contributed by atoms with E-state index < -0.39 is 0 Å². The standard InChI is InChI=1S/C14H18BrClN2O/c1-10-3-2-4-14(6-10,9-16)18-13(19)11-5-12(15)8-17-7-11/h5,7-8,10H,2-4,6,9H2,1H3,(H,18,19). The van der Waals surface area contributed by atoms with Crippen LogP contribution in [0.15, 0.2) is 22.9 Å². The molecule has 19 heavy (non-hydrogen) atoms. The molecule has 1 fully saturated rings. The molecule has 104 valence electrons. The highest BCUT2D eigenvalue weighted by molar-refractivity contribution is 9.10. The van der Waals surface area contributed by atoms with Crippen LogP contribution in [-0.4, -0.2) is 22.3 Å². The van der Waals surface area contributed by atoms with E-state index in [4.69, 9.17) is 11.6 Å². The summed E-state index contributed by atoms with van der Waals surface area (Å²) in [5.74, 6) is 0.974. The number of hydrogen-bond acceptors (Lipinski definition) is 2. The van der Waals surface area contributed by atoms with Gasteiger partial charge in [-0.25, -0.2) is 0 Å². The second-order valence-corrected chi connectivity index (χ2v) is 6.64. The van der Waals surface area contributed by atoms with Crippen LogP contribution in [0, 0.1) is 5.92 Å². The summed E-state index contributed by atoms with van der Waals surface area (Å²) in [4.78, 5) is 16.3. The fourth-order valence-corrected chi connectivity index (χ4v) is 3.45. The molecule has 0 aliphatic heterocycles. The normalized spacial score (nSPS) is 27.0. The van der Waals surface area contributed by atoms with Crippen LogP contribution in [0.4, 0.5) is 0 Å². The topological polar surface area (TPSA) is 42.0 Å². The maximum Gasteiger partial charge on any atom is 0.253 e. The first-order valence-corrected chi connectivity index (χ1v) is 7.86. The molecule has 0 saturated heterocycles. The molecule has 1 aromatic rings. The highest BCUT2D eigenvalue weighted by atomic mass is 79.9. The molecule has 0 radical (unpaired) electrons. The summed E-state index contributed by atoms with van der Waals surface area (Å²) in [6.07, 6.45) is 7.47.